The Kier molecular flexibility index (Phi) is 4.31. The maximum atomic E-state index is 12.0. The number of aryl methyl sites for hydroxylation is 2. The van der Waals surface area contributed by atoms with Crippen molar-refractivity contribution in [1.29, 1.82) is 0 Å². The minimum Gasteiger partial charge on any atom is -0.381 e. The van der Waals surface area contributed by atoms with Crippen LogP contribution in [0.3, 0.4) is 0 Å². The van der Waals surface area contributed by atoms with Crippen LogP contribution in [0.15, 0.2) is 24.4 Å². The van der Waals surface area contributed by atoms with Crippen molar-refractivity contribution in [2.24, 2.45) is 7.05 Å². The van der Waals surface area contributed by atoms with Crippen LogP contribution in [-0.4, -0.2) is 34.7 Å². The fourth-order valence-corrected chi connectivity index (χ4v) is 2.11. The van der Waals surface area contributed by atoms with Crippen molar-refractivity contribution in [3.05, 3.63) is 46.8 Å². The van der Waals surface area contributed by atoms with E-state index in [4.69, 9.17) is 0 Å². The lowest BCUT2D eigenvalue weighted by atomic mass is 10.1. The maximum absolute atomic E-state index is 12.0. The van der Waals surface area contributed by atoms with Gasteiger partial charge in [0.1, 0.15) is 0 Å². The SMILES string of the molecule is Cc1ccc(C(=O)N(C)C)cc1NCc1cnn(C)c1C. The lowest BCUT2D eigenvalue weighted by Crippen LogP contribution is -2.21. The van der Waals surface area contributed by atoms with E-state index in [1.807, 2.05) is 50.0 Å². The number of aromatic nitrogens is 2. The molecule has 2 rings (SSSR count). The Hall–Kier alpha value is -2.30. The summed E-state index contributed by atoms with van der Waals surface area (Å²) in [6, 6.07) is 5.73. The summed E-state index contributed by atoms with van der Waals surface area (Å²) in [4.78, 5) is 13.6. The molecule has 0 radical (unpaired) electrons. The van der Waals surface area contributed by atoms with E-state index in [0.29, 0.717) is 12.1 Å². The van der Waals surface area contributed by atoms with E-state index >= 15 is 0 Å². The van der Waals surface area contributed by atoms with Crippen molar-refractivity contribution < 1.29 is 4.79 Å². The van der Waals surface area contributed by atoms with Crippen LogP contribution in [-0.2, 0) is 13.6 Å². The smallest absolute Gasteiger partial charge is 0.253 e. The van der Waals surface area contributed by atoms with Gasteiger partial charge in [0, 0.05) is 50.2 Å². The van der Waals surface area contributed by atoms with Crippen molar-refractivity contribution in [3.8, 4) is 0 Å². The summed E-state index contributed by atoms with van der Waals surface area (Å²) in [5.74, 6) is 0.00982. The standard InChI is InChI=1S/C16H22N4O/c1-11-6-7-13(16(21)19(3)4)8-15(11)17-9-14-10-18-20(5)12(14)2/h6-8,10,17H,9H2,1-5H3. The zero-order chi connectivity index (χ0) is 15.6. The second kappa shape index (κ2) is 5.99. The molecular formula is C16H22N4O. The van der Waals surface area contributed by atoms with Gasteiger partial charge in [-0.25, -0.2) is 0 Å². The molecule has 1 aromatic carbocycles. The zero-order valence-electron chi connectivity index (χ0n) is 13.3. The average Bonchev–Trinajstić information content (AvgIpc) is 2.77. The van der Waals surface area contributed by atoms with Crippen LogP contribution in [0.4, 0.5) is 5.69 Å². The molecule has 0 aliphatic rings. The molecule has 2 aromatic rings. The van der Waals surface area contributed by atoms with E-state index in [2.05, 4.69) is 10.4 Å². The van der Waals surface area contributed by atoms with Gasteiger partial charge in [-0.05, 0) is 31.5 Å². The van der Waals surface area contributed by atoms with Gasteiger partial charge in [-0.1, -0.05) is 6.07 Å². The second-order valence-corrected chi connectivity index (χ2v) is 5.46. The van der Waals surface area contributed by atoms with Gasteiger partial charge >= 0.3 is 0 Å². The van der Waals surface area contributed by atoms with Crippen LogP contribution >= 0.6 is 0 Å². The van der Waals surface area contributed by atoms with Crippen LogP contribution in [0, 0.1) is 13.8 Å². The number of benzene rings is 1. The van der Waals surface area contributed by atoms with E-state index in [9.17, 15) is 4.79 Å². The maximum Gasteiger partial charge on any atom is 0.253 e. The molecule has 1 amide bonds. The fraction of sp³-hybridized carbons (Fsp3) is 0.375. The number of nitrogens with zero attached hydrogens (tertiary/aromatic N) is 3. The molecule has 21 heavy (non-hydrogen) atoms. The van der Waals surface area contributed by atoms with E-state index in [1.165, 1.54) is 0 Å². The minimum absolute atomic E-state index is 0.00982. The molecule has 0 spiro atoms. The molecule has 5 heteroatoms. The molecule has 0 bridgehead atoms. The number of rotatable bonds is 4. The molecule has 0 aliphatic heterocycles. The highest BCUT2D eigenvalue weighted by Gasteiger charge is 2.10. The highest BCUT2D eigenvalue weighted by atomic mass is 16.2. The molecule has 0 saturated heterocycles. The molecule has 0 aliphatic carbocycles. The Balaban J connectivity index is 2.18. The predicted octanol–water partition coefficient (Wildman–Crippen LogP) is 2.35. The molecule has 0 atom stereocenters. The highest BCUT2D eigenvalue weighted by Crippen LogP contribution is 2.19. The molecule has 0 saturated carbocycles. The second-order valence-electron chi connectivity index (χ2n) is 5.46. The summed E-state index contributed by atoms with van der Waals surface area (Å²) in [5, 5.41) is 7.63. The Bertz CT molecular complexity index is 658. The lowest BCUT2D eigenvalue weighted by molar-refractivity contribution is 0.0827. The monoisotopic (exact) mass is 286 g/mol. The third-order valence-corrected chi connectivity index (χ3v) is 3.70. The first-order valence-corrected chi connectivity index (χ1v) is 6.93. The molecule has 0 unspecified atom stereocenters. The quantitative estimate of drug-likeness (QED) is 0.938. The summed E-state index contributed by atoms with van der Waals surface area (Å²) in [5.41, 5.74) is 5.08. The summed E-state index contributed by atoms with van der Waals surface area (Å²) >= 11 is 0. The molecule has 0 fully saturated rings. The van der Waals surface area contributed by atoms with Gasteiger partial charge < -0.3 is 10.2 Å². The van der Waals surface area contributed by atoms with E-state index in [-0.39, 0.29) is 5.91 Å². The zero-order valence-corrected chi connectivity index (χ0v) is 13.3. The number of hydrogen-bond donors (Lipinski definition) is 1. The van der Waals surface area contributed by atoms with Gasteiger partial charge in [0.25, 0.3) is 5.91 Å². The van der Waals surface area contributed by atoms with Crippen LogP contribution in [0.1, 0.15) is 27.2 Å². The predicted molar refractivity (Wildman–Crippen MR) is 84.5 cm³/mol. The average molecular weight is 286 g/mol. The lowest BCUT2D eigenvalue weighted by Gasteiger charge is -2.14. The van der Waals surface area contributed by atoms with Crippen LogP contribution in [0.5, 0.6) is 0 Å². The Labute approximate surface area is 125 Å². The molecule has 5 nitrogen and oxygen atoms in total. The Morgan fingerprint density at radius 3 is 2.62 bits per heavy atom. The van der Waals surface area contributed by atoms with E-state index in [0.717, 1.165) is 22.5 Å². The topological polar surface area (TPSA) is 50.2 Å². The first kappa shape index (κ1) is 15.1. The summed E-state index contributed by atoms with van der Waals surface area (Å²) < 4.78 is 1.86. The number of anilines is 1. The normalized spacial score (nSPS) is 10.5. The van der Waals surface area contributed by atoms with Gasteiger partial charge in [0.15, 0.2) is 0 Å². The highest BCUT2D eigenvalue weighted by molar-refractivity contribution is 5.95. The molecule has 112 valence electrons. The third-order valence-electron chi connectivity index (χ3n) is 3.70. The fourth-order valence-electron chi connectivity index (χ4n) is 2.11. The van der Waals surface area contributed by atoms with Crippen molar-refractivity contribution >= 4 is 11.6 Å². The number of nitrogens with one attached hydrogen (secondary N) is 1. The number of amides is 1. The van der Waals surface area contributed by atoms with E-state index < -0.39 is 0 Å². The van der Waals surface area contributed by atoms with Crippen LogP contribution in [0.25, 0.3) is 0 Å². The molecule has 1 N–H and O–H groups in total. The summed E-state index contributed by atoms with van der Waals surface area (Å²) in [6.45, 7) is 4.77. The number of carbonyl (C=O) groups excluding carboxylic acids is 1. The van der Waals surface area contributed by atoms with Gasteiger partial charge in [0.2, 0.25) is 0 Å². The largest absolute Gasteiger partial charge is 0.381 e. The van der Waals surface area contributed by atoms with Gasteiger partial charge in [-0.3, -0.25) is 9.48 Å². The number of hydrogen-bond acceptors (Lipinski definition) is 3. The van der Waals surface area contributed by atoms with Crippen LogP contribution < -0.4 is 5.32 Å². The van der Waals surface area contributed by atoms with E-state index in [1.54, 1.807) is 19.0 Å². The molecular weight excluding hydrogens is 264 g/mol. The summed E-state index contributed by atoms with van der Waals surface area (Å²) in [6.07, 6.45) is 1.87. The van der Waals surface area contributed by atoms with Crippen molar-refractivity contribution in [3.63, 3.8) is 0 Å². The van der Waals surface area contributed by atoms with Gasteiger partial charge in [-0.2, -0.15) is 5.10 Å². The first-order chi connectivity index (χ1) is 9.90. The minimum atomic E-state index is 0.00982. The van der Waals surface area contributed by atoms with Crippen molar-refractivity contribution in [2.45, 2.75) is 20.4 Å². The first-order valence-electron chi connectivity index (χ1n) is 6.93. The number of carbonyl (C=O) groups is 1. The Morgan fingerprint density at radius 1 is 1.33 bits per heavy atom. The molecule has 1 heterocycles. The Morgan fingerprint density at radius 2 is 2.05 bits per heavy atom. The van der Waals surface area contributed by atoms with Gasteiger partial charge in [-0.15, -0.1) is 0 Å². The summed E-state index contributed by atoms with van der Waals surface area (Å²) in [7, 11) is 5.45. The van der Waals surface area contributed by atoms with Crippen molar-refractivity contribution in [2.75, 3.05) is 19.4 Å². The van der Waals surface area contributed by atoms with Crippen LogP contribution in [0.2, 0.25) is 0 Å². The van der Waals surface area contributed by atoms with Gasteiger partial charge in [0.05, 0.1) is 6.20 Å². The van der Waals surface area contributed by atoms with Crippen molar-refractivity contribution in [1.82, 2.24) is 14.7 Å². The third kappa shape index (κ3) is 3.24. The molecule has 1 aromatic heterocycles.